The Balaban J connectivity index is 1.73. The fraction of sp³-hybridized carbons (Fsp3) is 0. The van der Waals surface area contributed by atoms with Crippen LogP contribution in [0.25, 0.3) is 10.9 Å². The molecule has 1 heterocycles. The van der Waals surface area contributed by atoms with Gasteiger partial charge in [-0.05, 0) is 30.3 Å². The third kappa shape index (κ3) is 2.76. The number of nitrogens with zero attached hydrogens (tertiary/aromatic N) is 1. The van der Waals surface area contributed by atoms with Gasteiger partial charge < -0.3 is 10.1 Å². The van der Waals surface area contributed by atoms with E-state index in [1.54, 1.807) is 18.3 Å². The van der Waals surface area contributed by atoms with E-state index in [1.165, 1.54) is 12.1 Å². The van der Waals surface area contributed by atoms with Crippen molar-refractivity contribution in [2.24, 2.45) is 5.10 Å². The first-order valence-corrected chi connectivity index (χ1v) is 6.42. The normalized spacial score (nSPS) is 11.0. The van der Waals surface area contributed by atoms with Crippen LogP contribution in [0.4, 0.5) is 5.69 Å². The Hall–Kier alpha value is -3.08. The van der Waals surface area contributed by atoms with Crippen molar-refractivity contribution >= 4 is 28.8 Å². The largest absolute Gasteiger partial charge is 0.478 e. The number of H-pyrrole nitrogens is 1. The van der Waals surface area contributed by atoms with Crippen LogP contribution in [0.2, 0.25) is 0 Å². The van der Waals surface area contributed by atoms with Crippen molar-refractivity contribution in [3.8, 4) is 0 Å². The van der Waals surface area contributed by atoms with Gasteiger partial charge in [-0.15, -0.1) is 0 Å². The molecule has 0 bridgehead atoms. The molecule has 3 N–H and O–H groups in total. The number of aromatic nitrogens is 1. The molecule has 0 saturated heterocycles. The van der Waals surface area contributed by atoms with Gasteiger partial charge in [-0.25, -0.2) is 4.79 Å². The number of para-hydroxylation sites is 1. The zero-order valence-corrected chi connectivity index (χ0v) is 11.1. The van der Waals surface area contributed by atoms with Crippen LogP contribution < -0.4 is 5.43 Å². The summed E-state index contributed by atoms with van der Waals surface area (Å²) in [7, 11) is 0. The van der Waals surface area contributed by atoms with Crippen molar-refractivity contribution in [2.45, 2.75) is 0 Å². The summed E-state index contributed by atoms with van der Waals surface area (Å²) in [6.07, 6.45) is 3.62. The Bertz CT molecular complexity index is 804. The molecule has 0 saturated carbocycles. The van der Waals surface area contributed by atoms with Gasteiger partial charge in [0.2, 0.25) is 0 Å². The second kappa shape index (κ2) is 5.50. The highest BCUT2D eigenvalue weighted by Gasteiger charge is 2.01. The fourth-order valence-electron chi connectivity index (χ4n) is 2.06. The molecule has 0 radical (unpaired) electrons. The van der Waals surface area contributed by atoms with Crippen LogP contribution in [0, 0.1) is 0 Å². The number of aromatic carboxylic acids is 1. The van der Waals surface area contributed by atoms with Crippen molar-refractivity contribution < 1.29 is 9.90 Å². The van der Waals surface area contributed by atoms with E-state index in [2.05, 4.69) is 15.5 Å². The van der Waals surface area contributed by atoms with E-state index in [-0.39, 0.29) is 5.56 Å². The highest BCUT2D eigenvalue weighted by Crippen LogP contribution is 2.16. The van der Waals surface area contributed by atoms with Gasteiger partial charge in [0.1, 0.15) is 0 Å². The molecule has 104 valence electrons. The van der Waals surface area contributed by atoms with Crippen LogP contribution >= 0.6 is 0 Å². The lowest BCUT2D eigenvalue weighted by Crippen LogP contribution is -1.96. The topological polar surface area (TPSA) is 77.5 Å². The smallest absolute Gasteiger partial charge is 0.335 e. The third-order valence-electron chi connectivity index (χ3n) is 3.15. The standard InChI is InChI=1S/C16H13N3O2/c20-16(21)11-5-7-13(8-6-11)19-18-10-12-9-17-15-4-2-1-3-14(12)15/h1-10,17,19H,(H,20,21)/b18-10-. The van der Waals surface area contributed by atoms with Crippen molar-refractivity contribution in [3.63, 3.8) is 0 Å². The van der Waals surface area contributed by atoms with Crippen molar-refractivity contribution in [1.29, 1.82) is 0 Å². The lowest BCUT2D eigenvalue weighted by Gasteiger charge is -2.00. The Morgan fingerprint density at radius 1 is 1.14 bits per heavy atom. The number of carbonyl (C=O) groups is 1. The first-order valence-electron chi connectivity index (χ1n) is 6.42. The quantitative estimate of drug-likeness (QED) is 0.506. The van der Waals surface area contributed by atoms with Crippen LogP contribution in [0.15, 0.2) is 59.8 Å². The van der Waals surface area contributed by atoms with Gasteiger partial charge in [0.15, 0.2) is 0 Å². The molecule has 3 rings (SSSR count). The average molecular weight is 279 g/mol. The Kier molecular flexibility index (Phi) is 3.39. The molecule has 0 aliphatic rings. The van der Waals surface area contributed by atoms with E-state index < -0.39 is 5.97 Å². The zero-order chi connectivity index (χ0) is 14.7. The number of carboxylic acid groups (broad SMARTS) is 1. The van der Waals surface area contributed by atoms with Crippen molar-refractivity contribution in [2.75, 3.05) is 5.43 Å². The molecule has 1 aromatic heterocycles. The highest BCUT2D eigenvalue weighted by atomic mass is 16.4. The Labute approximate surface area is 120 Å². The van der Waals surface area contributed by atoms with Crippen LogP contribution in [-0.2, 0) is 0 Å². The molecule has 21 heavy (non-hydrogen) atoms. The molecule has 0 fully saturated rings. The molecule has 0 aliphatic carbocycles. The number of fused-ring (bicyclic) bond motifs is 1. The maximum atomic E-state index is 10.8. The fourth-order valence-corrected chi connectivity index (χ4v) is 2.06. The number of hydrazone groups is 1. The van der Waals surface area contributed by atoms with Gasteiger partial charge >= 0.3 is 5.97 Å². The molecule has 3 aromatic rings. The van der Waals surface area contributed by atoms with E-state index in [1.807, 2.05) is 30.5 Å². The number of benzene rings is 2. The predicted octanol–water partition coefficient (Wildman–Crippen LogP) is 3.31. The molecule has 5 nitrogen and oxygen atoms in total. The predicted molar refractivity (Wildman–Crippen MR) is 82.9 cm³/mol. The molecule has 0 atom stereocenters. The Morgan fingerprint density at radius 3 is 2.67 bits per heavy atom. The van der Waals surface area contributed by atoms with E-state index in [4.69, 9.17) is 5.11 Å². The number of anilines is 1. The molecule has 0 amide bonds. The molecular formula is C16H13N3O2. The van der Waals surface area contributed by atoms with Gasteiger partial charge in [-0.2, -0.15) is 5.10 Å². The summed E-state index contributed by atoms with van der Waals surface area (Å²) < 4.78 is 0. The summed E-state index contributed by atoms with van der Waals surface area (Å²) >= 11 is 0. The summed E-state index contributed by atoms with van der Waals surface area (Å²) in [5.74, 6) is -0.941. The second-order valence-corrected chi connectivity index (χ2v) is 4.54. The van der Waals surface area contributed by atoms with Crippen molar-refractivity contribution in [1.82, 2.24) is 4.98 Å². The first kappa shape index (κ1) is 12.9. The Morgan fingerprint density at radius 2 is 1.90 bits per heavy atom. The lowest BCUT2D eigenvalue weighted by atomic mass is 10.2. The minimum atomic E-state index is -0.941. The van der Waals surface area contributed by atoms with Crippen LogP contribution in [0.1, 0.15) is 15.9 Å². The summed E-state index contributed by atoms with van der Waals surface area (Å²) in [5.41, 5.74) is 5.91. The monoisotopic (exact) mass is 279 g/mol. The lowest BCUT2D eigenvalue weighted by molar-refractivity contribution is 0.0697. The van der Waals surface area contributed by atoms with Gasteiger partial charge in [0.05, 0.1) is 17.5 Å². The number of hydrogen-bond acceptors (Lipinski definition) is 3. The SMILES string of the molecule is O=C(O)c1ccc(N/N=C\c2c[nH]c3ccccc23)cc1. The average Bonchev–Trinajstić information content (AvgIpc) is 2.91. The minimum absolute atomic E-state index is 0.251. The third-order valence-corrected chi connectivity index (χ3v) is 3.15. The van der Waals surface area contributed by atoms with Crippen molar-refractivity contribution in [3.05, 3.63) is 65.9 Å². The first-order chi connectivity index (χ1) is 10.2. The summed E-state index contributed by atoms with van der Waals surface area (Å²) in [4.78, 5) is 13.9. The van der Waals surface area contributed by atoms with E-state index in [9.17, 15) is 4.79 Å². The maximum Gasteiger partial charge on any atom is 0.335 e. The molecule has 0 spiro atoms. The summed E-state index contributed by atoms with van der Waals surface area (Å²) in [6.45, 7) is 0. The van der Waals surface area contributed by atoms with Gasteiger partial charge in [0, 0.05) is 22.7 Å². The molecular weight excluding hydrogens is 266 g/mol. The summed E-state index contributed by atoms with van der Waals surface area (Å²) in [5, 5.41) is 14.1. The van der Waals surface area contributed by atoms with Gasteiger partial charge in [0.25, 0.3) is 0 Å². The van der Waals surface area contributed by atoms with Crippen LogP contribution in [0.3, 0.4) is 0 Å². The highest BCUT2D eigenvalue weighted by molar-refractivity contribution is 5.99. The van der Waals surface area contributed by atoms with Crippen LogP contribution in [0.5, 0.6) is 0 Å². The number of aromatic amines is 1. The molecule has 5 heteroatoms. The number of nitrogens with one attached hydrogen (secondary N) is 2. The zero-order valence-electron chi connectivity index (χ0n) is 11.1. The number of hydrogen-bond donors (Lipinski definition) is 3. The second-order valence-electron chi connectivity index (χ2n) is 4.54. The van der Waals surface area contributed by atoms with E-state index >= 15 is 0 Å². The van der Waals surface area contributed by atoms with Crippen LogP contribution in [-0.4, -0.2) is 22.3 Å². The number of rotatable bonds is 4. The summed E-state index contributed by atoms with van der Waals surface area (Å²) in [6, 6.07) is 14.4. The minimum Gasteiger partial charge on any atom is -0.478 e. The molecule has 2 aromatic carbocycles. The van der Waals surface area contributed by atoms with Gasteiger partial charge in [-0.3, -0.25) is 5.43 Å². The molecule has 0 aliphatic heterocycles. The maximum absolute atomic E-state index is 10.8. The van der Waals surface area contributed by atoms with Gasteiger partial charge in [-0.1, -0.05) is 18.2 Å². The molecule has 0 unspecified atom stereocenters. The van der Waals surface area contributed by atoms with E-state index in [0.717, 1.165) is 22.2 Å². The van der Waals surface area contributed by atoms with E-state index in [0.29, 0.717) is 0 Å². The number of carboxylic acids is 1.